The van der Waals surface area contributed by atoms with Crippen LogP contribution in [-0.4, -0.2) is 32.9 Å². The number of hydrogen-bond acceptors (Lipinski definition) is 4. The van der Waals surface area contributed by atoms with Crippen molar-refractivity contribution in [2.75, 3.05) is 12.3 Å². The Balaban J connectivity index is 3.41. The van der Waals surface area contributed by atoms with Crippen molar-refractivity contribution in [3.05, 3.63) is 0 Å². The van der Waals surface area contributed by atoms with E-state index in [1.54, 1.807) is 0 Å². The molecule has 0 radical (unpaired) electrons. The molecule has 13 heavy (non-hydrogen) atoms. The Bertz CT molecular complexity index is 219. The lowest BCUT2D eigenvalue weighted by Crippen LogP contribution is -2.28. The van der Waals surface area contributed by atoms with Gasteiger partial charge in [0.25, 0.3) is 0 Å². The summed E-state index contributed by atoms with van der Waals surface area (Å²) in [6.07, 6.45) is -0.0207. The SMILES string of the molecule is NC(=O)CCC(=O)NCCS(=O)[O-]. The van der Waals surface area contributed by atoms with Crippen molar-refractivity contribution in [2.24, 2.45) is 5.73 Å². The summed E-state index contributed by atoms with van der Waals surface area (Å²) in [6.45, 7) is 0.0632. The predicted molar refractivity (Wildman–Crippen MR) is 45.2 cm³/mol. The molecule has 76 valence electrons. The largest absolute Gasteiger partial charge is 0.772 e. The van der Waals surface area contributed by atoms with Crippen molar-refractivity contribution in [2.45, 2.75) is 12.8 Å². The number of hydrogen-bond donors (Lipinski definition) is 2. The summed E-state index contributed by atoms with van der Waals surface area (Å²) in [5, 5.41) is 2.33. The molecule has 0 aromatic carbocycles. The summed E-state index contributed by atoms with van der Waals surface area (Å²) < 4.78 is 20.0. The fourth-order valence-corrected chi connectivity index (χ4v) is 0.868. The maximum atomic E-state index is 10.8. The Morgan fingerprint density at radius 3 is 2.46 bits per heavy atom. The standard InChI is InChI=1S/C6H12N2O4S/c7-5(9)1-2-6(10)8-3-4-13(11)12/h1-4H2,(H2,7,9)(H,8,10)(H,11,12)/p-1. The highest BCUT2D eigenvalue weighted by Gasteiger charge is 2.02. The highest BCUT2D eigenvalue weighted by molar-refractivity contribution is 7.79. The highest BCUT2D eigenvalue weighted by Crippen LogP contribution is 1.86. The first-order valence-corrected chi connectivity index (χ1v) is 4.87. The first-order chi connectivity index (χ1) is 6.02. The number of nitrogens with two attached hydrogens (primary N) is 1. The topological polar surface area (TPSA) is 112 Å². The summed E-state index contributed by atoms with van der Waals surface area (Å²) in [4.78, 5) is 21.0. The molecule has 0 bridgehead atoms. The lowest BCUT2D eigenvalue weighted by atomic mass is 10.3. The molecule has 1 atom stereocenters. The van der Waals surface area contributed by atoms with Gasteiger partial charge in [-0.1, -0.05) is 11.1 Å². The van der Waals surface area contributed by atoms with Gasteiger partial charge in [0.2, 0.25) is 11.8 Å². The van der Waals surface area contributed by atoms with E-state index < -0.39 is 17.0 Å². The second kappa shape index (κ2) is 6.55. The molecule has 3 N–H and O–H groups in total. The van der Waals surface area contributed by atoms with Crippen LogP contribution in [0.1, 0.15) is 12.8 Å². The maximum absolute atomic E-state index is 10.8. The third-order valence-electron chi connectivity index (χ3n) is 1.19. The van der Waals surface area contributed by atoms with Gasteiger partial charge in [-0.3, -0.25) is 13.8 Å². The molecule has 0 rings (SSSR count). The quantitative estimate of drug-likeness (QED) is 0.503. The van der Waals surface area contributed by atoms with Crippen molar-refractivity contribution in [3.8, 4) is 0 Å². The maximum Gasteiger partial charge on any atom is 0.220 e. The molecule has 7 heteroatoms. The van der Waals surface area contributed by atoms with Crippen LogP contribution in [0, 0.1) is 0 Å². The molecule has 0 fully saturated rings. The van der Waals surface area contributed by atoms with Crippen LogP contribution in [0.25, 0.3) is 0 Å². The lowest BCUT2D eigenvalue weighted by molar-refractivity contribution is -0.124. The molecule has 2 amide bonds. The number of rotatable bonds is 6. The van der Waals surface area contributed by atoms with Gasteiger partial charge >= 0.3 is 0 Å². The average Bonchev–Trinajstić information content (AvgIpc) is 2.00. The molecule has 0 saturated carbocycles. The van der Waals surface area contributed by atoms with E-state index >= 15 is 0 Å². The molecule has 0 aromatic rings. The second-order valence-corrected chi connectivity index (χ2v) is 3.34. The normalized spacial score (nSPS) is 12.1. The summed E-state index contributed by atoms with van der Waals surface area (Å²) in [7, 11) is 0. The molecule has 0 saturated heterocycles. The molecule has 0 heterocycles. The molecule has 0 aromatic heterocycles. The Labute approximate surface area is 78.2 Å². The van der Waals surface area contributed by atoms with Gasteiger partial charge in [-0.2, -0.15) is 0 Å². The van der Waals surface area contributed by atoms with Gasteiger partial charge in [-0.05, 0) is 0 Å². The number of carbonyl (C=O) groups excluding carboxylic acids is 2. The smallest absolute Gasteiger partial charge is 0.220 e. The van der Waals surface area contributed by atoms with Crippen molar-refractivity contribution in [1.82, 2.24) is 5.32 Å². The van der Waals surface area contributed by atoms with Crippen molar-refractivity contribution < 1.29 is 18.4 Å². The van der Waals surface area contributed by atoms with Crippen molar-refractivity contribution in [3.63, 3.8) is 0 Å². The third kappa shape index (κ3) is 8.96. The highest BCUT2D eigenvalue weighted by atomic mass is 32.2. The van der Waals surface area contributed by atoms with Crippen LogP contribution in [0.5, 0.6) is 0 Å². The average molecular weight is 207 g/mol. The van der Waals surface area contributed by atoms with E-state index in [2.05, 4.69) is 5.32 Å². The van der Waals surface area contributed by atoms with E-state index in [9.17, 15) is 18.4 Å². The molecule has 0 aliphatic rings. The fraction of sp³-hybridized carbons (Fsp3) is 0.667. The first kappa shape index (κ1) is 12.0. The van der Waals surface area contributed by atoms with E-state index in [0.717, 1.165) is 0 Å². The molecule has 1 unspecified atom stereocenters. The number of primary amides is 1. The Morgan fingerprint density at radius 2 is 2.00 bits per heavy atom. The van der Waals surface area contributed by atoms with E-state index in [0.29, 0.717) is 0 Å². The number of carbonyl (C=O) groups is 2. The van der Waals surface area contributed by atoms with Gasteiger partial charge in [0, 0.05) is 25.1 Å². The van der Waals surface area contributed by atoms with Crippen LogP contribution in [-0.2, 0) is 20.7 Å². The van der Waals surface area contributed by atoms with Crippen LogP contribution in [0.2, 0.25) is 0 Å². The van der Waals surface area contributed by atoms with E-state index in [4.69, 9.17) is 5.73 Å². The Kier molecular flexibility index (Phi) is 6.07. The summed E-state index contributed by atoms with van der Waals surface area (Å²) in [5.41, 5.74) is 4.80. The van der Waals surface area contributed by atoms with Gasteiger partial charge in [-0.25, -0.2) is 0 Å². The zero-order valence-corrected chi connectivity index (χ0v) is 7.76. The Morgan fingerprint density at radius 1 is 1.38 bits per heavy atom. The van der Waals surface area contributed by atoms with Gasteiger partial charge in [0.05, 0.1) is 0 Å². The van der Waals surface area contributed by atoms with Gasteiger partial charge in [0.1, 0.15) is 0 Å². The van der Waals surface area contributed by atoms with Gasteiger partial charge in [0.15, 0.2) is 0 Å². The molecule has 0 aliphatic heterocycles. The van der Waals surface area contributed by atoms with E-state index in [1.165, 1.54) is 0 Å². The molecule has 6 nitrogen and oxygen atoms in total. The zero-order chi connectivity index (χ0) is 10.3. The van der Waals surface area contributed by atoms with Crippen LogP contribution < -0.4 is 11.1 Å². The minimum absolute atomic E-state index is 0.000819. The van der Waals surface area contributed by atoms with Crippen molar-refractivity contribution in [1.29, 1.82) is 0 Å². The predicted octanol–water partition coefficient (Wildman–Crippen LogP) is -1.75. The fourth-order valence-electron chi connectivity index (χ4n) is 0.599. The monoisotopic (exact) mass is 207 g/mol. The minimum Gasteiger partial charge on any atom is -0.772 e. The molecule has 0 spiro atoms. The molecular weight excluding hydrogens is 196 g/mol. The van der Waals surface area contributed by atoms with Crippen LogP contribution >= 0.6 is 0 Å². The summed E-state index contributed by atoms with van der Waals surface area (Å²) >= 11 is -2.15. The Hall–Kier alpha value is -0.950. The van der Waals surface area contributed by atoms with Crippen LogP contribution in [0.3, 0.4) is 0 Å². The van der Waals surface area contributed by atoms with Gasteiger partial charge in [-0.15, -0.1) is 0 Å². The van der Waals surface area contributed by atoms with E-state index in [-0.39, 0.29) is 31.0 Å². The second-order valence-electron chi connectivity index (χ2n) is 2.32. The zero-order valence-electron chi connectivity index (χ0n) is 6.95. The summed E-state index contributed by atoms with van der Waals surface area (Å²) in [6, 6.07) is 0. The third-order valence-corrected chi connectivity index (χ3v) is 1.73. The number of amides is 2. The summed E-state index contributed by atoms with van der Waals surface area (Å²) in [5.74, 6) is -1.05. The molecule has 0 aliphatic carbocycles. The molecular formula is C6H11N2O4S-. The van der Waals surface area contributed by atoms with E-state index in [1.807, 2.05) is 0 Å². The number of nitrogens with one attached hydrogen (secondary N) is 1. The van der Waals surface area contributed by atoms with Crippen molar-refractivity contribution >= 4 is 22.9 Å². The van der Waals surface area contributed by atoms with Gasteiger partial charge < -0.3 is 15.6 Å². The van der Waals surface area contributed by atoms with Crippen LogP contribution in [0.4, 0.5) is 0 Å². The van der Waals surface area contributed by atoms with Crippen LogP contribution in [0.15, 0.2) is 0 Å². The lowest BCUT2D eigenvalue weighted by Gasteiger charge is -2.05. The minimum atomic E-state index is -2.15. The first-order valence-electron chi connectivity index (χ1n) is 3.63.